The molecular weight excluding hydrogens is 354 g/mol. The van der Waals surface area contributed by atoms with Crippen molar-refractivity contribution in [2.45, 2.75) is 38.2 Å². The lowest BCUT2D eigenvalue weighted by Crippen LogP contribution is -2.38. The Hall–Kier alpha value is -2.47. The van der Waals surface area contributed by atoms with Crippen LogP contribution in [0.3, 0.4) is 0 Å². The molecule has 1 aliphatic rings. The van der Waals surface area contributed by atoms with E-state index in [9.17, 15) is 0 Å². The molecule has 3 rings (SSSR count). The first kappa shape index (κ1) is 20.3. The van der Waals surface area contributed by atoms with Crippen molar-refractivity contribution < 1.29 is 13.9 Å². The number of methoxy groups -OCH3 is 1. The number of ether oxygens (including phenoxy) is 2. The molecule has 1 fully saturated rings. The largest absolute Gasteiger partial charge is 0.496 e. The third kappa shape index (κ3) is 5.52. The summed E-state index contributed by atoms with van der Waals surface area (Å²) in [5, 5.41) is 6.73. The summed E-state index contributed by atoms with van der Waals surface area (Å²) in [6, 6.07) is 12.1. The van der Waals surface area contributed by atoms with E-state index in [1.165, 1.54) is 5.56 Å². The van der Waals surface area contributed by atoms with Gasteiger partial charge in [0.15, 0.2) is 5.96 Å². The third-order valence-corrected chi connectivity index (χ3v) is 5.00. The van der Waals surface area contributed by atoms with Gasteiger partial charge in [-0.05, 0) is 44.4 Å². The first-order valence-corrected chi connectivity index (χ1v) is 10.0. The summed E-state index contributed by atoms with van der Waals surface area (Å²) in [5.74, 6) is 2.67. The predicted molar refractivity (Wildman–Crippen MR) is 111 cm³/mol. The molecule has 0 spiro atoms. The molecule has 1 aliphatic carbocycles. The minimum absolute atomic E-state index is 0.112. The van der Waals surface area contributed by atoms with Crippen LogP contribution in [0.5, 0.6) is 5.75 Å². The monoisotopic (exact) mass is 385 g/mol. The molecule has 1 heterocycles. The van der Waals surface area contributed by atoms with Gasteiger partial charge in [0, 0.05) is 30.7 Å². The SMILES string of the molecule is CCNC(=NCC1(c2ccccc2OC)CC1)NCCCOCc1ccco1. The normalized spacial score (nSPS) is 15.3. The minimum Gasteiger partial charge on any atom is -0.496 e. The van der Waals surface area contributed by atoms with Crippen molar-refractivity contribution in [3.05, 3.63) is 54.0 Å². The second kappa shape index (κ2) is 10.2. The molecule has 152 valence electrons. The molecule has 0 radical (unpaired) electrons. The van der Waals surface area contributed by atoms with E-state index in [1.54, 1.807) is 13.4 Å². The van der Waals surface area contributed by atoms with E-state index in [-0.39, 0.29) is 5.41 Å². The molecule has 2 aromatic rings. The van der Waals surface area contributed by atoms with Crippen molar-refractivity contribution in [2.24, 2.45) is 4.99 Å². The summed E-state index contributed by atoms with van der Waals surface area (Å²) in [5.41, 5.74) is 1.38. The molecule has 0 unspecified atom stereocenters. The average molecular weight is 386 g/mol. The van der Waals surface area contributed by atoms with Gasteiger partial charge in [-0.2, -0.15) is 0 Å². The van der Waals surface area contributed by atoms with Crippen molar-refractivity contribution in [1.82, 2.24) is 10.6 Å². The van der Waals surface area contributed by atoms with Gasteiger partial charge in [-0.1, -0.05) is 18.2 Å². The average Bonchev–Trinajstić information content (AvgIpc) is 3.34. The highest BCUT2D eigenvalue weighted by molar-refractivity contribution is 5.79. The van der Waals surface area contributed by atoms with Crippen LogP contribution in [0.25, 0.3) is 0 Å². The molecule has 0 amide bonds. The molecular formula is C22H31N3O3. The first-order chi connectivity index (χ1) is 13.8. The Morgan fingerprint density at radius 2 is 2.04 bits per heavy atom. The van der Waals surface area contributed by atoms with Crippen LogP contribution in [0.15, 0.2) is 52.1 Å². The lowest BCUT2D eigenvalue weighted by Gasteiger charge is -2.18. The summed E-state index contributed by atoms with van der Waals surface area (Å²) in [4.78, 5) is 4.84. The van der Waals surface area contributed by atoms with Gasteiger partial charge in [0.25, 0.3) is 0 Å². The topological polar surface area (TPSA) is 68.0 Å². The number of guanidine groups is 1. The van der Waals surface area contributed by atoms with Gasteiger partial charge in [-0.3, -0.25) is 4.99 Å². The van der Waals surface area contributed by atoms with Crippen LogP contribution < -0.4 is 15.4 Å². The highest BCUT2D eigenvalue weighted by atomic mass is 16.5. The van der Waals surface area contributed by atoms with Crippen LogP contribution in [-0.2, 0) is 16.8 Å². The Morgan fingerprint density at radius 3 is 2.75 bits per heavy atom. The maximum Gasteiger partial charge on any atom is 0.191 e. The smallest absolute Gasteiger partial charge is 0.191 e. The fraction of sp³-hybridized carbons (Fsp3) is 0.500. The van der Waals surface area contributed by atoms with Crippen LogP contribution in [0.4, 0.5) is 0 Å². The van der Waals surface area contributed by atoms with Gasteiger partial charge in [-0.25, -0.2) is 0 Å². The van der Waals surface area contributed by atoms with E-state index in [1.807, 2.05) is 24.3 Å². The summed E-state index contributed by atoms with van der Waals surface area (Å²) in [6.07, 6.45) is 4.87. The highest BCUT2D eigenvalue weighted by Gasteiger charge is 2.46. The Kier molecular flexibility index (Phi) is 7.37. The second-order valence-corrected chi connectivity index (χ2v) is 7.09. The zero-order valence-corrected chi connectivity index (χ0v) is 16.9. The number of aliphatic imine (C=N–C) groups is 1. The molecule has 6 heteroatoms. The van der Waals surface area contributed by atoms with E-state index in [0.29, 0.717) is 13.2 Å². The molecule has 0 saturated heterocycles. The maximum atomic E-state index is 5.62. The van der Waals surface area contributed by atoms with Crippen LogP contribution in [0, 0.1) is 0 Å². The van der Waals surface area contributed by atoms with Crippen molar-refractivity contribution in [2.75, 3.05) is 33.4 Å². The molecule has 28 heavy (non-hydrogen) atoms. The van der Waals surface area contributed by atoms with Crippen LogP contribution in [0.2, 0.25) is 0 Å². The van der Waals surface area contributed by atoms with E-state index in [2.05, 4.69) is 29.7 Å². The van der Waals surface area contributed by atoms with E-state index in [4.69, 9.17) is 18.9 Å². The van der Waals surface area contributed by atoms with E-state index >= 15 is 0 Å². The van der Waals surface area contributed by atoms with Gasteiger partial charge < -0.3 is 24.5 Å². The number of rotatable bonds is 11. The fourth-order valence-corrected chi connectivity index (χ4v) is 3.27. The van der Waals surface area contributed by atoms with Crippen molar-refractivity contribution in [1.29, 1.82) is 0 Å². The number of para-hydroxylation sites is 1. The summed E-state index contributed by atoms with van der Waals surface area (Å²) in [7, 11) is 1.73. The molecule has 0 aliphatic heterocycles. The molecule has 2 N–H and O–H groups in total. The molecule has 6 nitrogen and oxygen atoms in total. The fourth-order valence-electron chi connectivity index (χ4n) is 3.27. The summed E-state index contributed by atoms with van der Waals surface area (Å²) < 4.78 is 16.4. The van der Waals surface area contributed by atoms with Gasteiger partial charge in [0.2, 0.25) is 0 Å². The van der Waals surface area contributed by atoms with Crippen molar-refractivity contribution >= 4 is 5.96 Å². The van der Waals surface area contributed by atoms with Crippen molar-refractivity contribution in [3.8, 4) is 5.75 Å². The first-order valence-electron chi connectivity index (χ1n) is 10.0. The lowest BCUT2D eigenvalue weighted by molar-refractivity contribution is 0.105. The molecule has 1 aromatic carbocycles. The number of hydrogen-bond donors (Lipinski definition) is 2. The Balaban J connectivity index is 1.46. The zero-order valence-electron chi connectivity index (χ0n) is 16.9. The van der Waals surface area contributed by atoms with E-state index in [0.717, 1.165) is 56.4 Å². The Labute approximate surface area is 167 Å². The number of nitrogens with one attached hydrogen (secondary N) is 2. The van der Waals surface area contributed by atoms with E-state index < -0.39 is 0 Å². The minimum atomic E-state index is 0.112. The number of furan rings is 1. The van der Waals surface area contributed by atoms with Gasteiger partial charge in [0.05, 0.1) is 19.9 Å². The third-order valence-electron chi connectivity index (χ3n) is 5.00. The van der Waals surface area contributed by atoms with Crippen molar-refractivity contribution in [3.63, 3.8) is 0 Å². The second-order valence-electron chi connectivity index (χ2n) is 7.09. The zero-order chi connectivity index (χ0) is 19.7. The quantitative estimate of drug-likeness (QED) is 0.352. The molecule has 1 aromatic heterocycles. The molecule has 0 atom stereocenters. The lowest BCUT2D eigenvalue weighted by atomic mass is 9.95. The van der Waals surface area contributed by atoms with Gasteiger partial charge in [-0.15, -0.1) is 0 Å². The number of hydrogen-bond acceptors (Lipinski definition) is 4. The molecule has 0 bridgehead atoms. The summed E-state index contributed by atoms with van der Waals surface area (Å²) >= 11 is 0. The van der Waals surface area contributed by atoms with Crippen LogP contribution >= 0.6 is 0 Å². The Morgan fingerprint density at radius 1 is 1.18 bits per heavy atom. The van der Waals surface area contributed by atoms with Crippen LogP contribution in [-0.4, -0.2) is 39.3 Å². The number of benzene rings is 1. The van der Waals surface area contributed by atoms with Gasteiger partial charge >= 0.3 is 0 Å². The number of nitrogens with zero attached hydrogens (tertiary/aromatic N) is 1. The standard InChI is InChI=1S/C22H31N3O3/c1-3-23-21(24-13-7-14-27-16-18-8-6-15-28-18)25-17-22(11-12-22)19-9-4-5-10-20(19)26-2/h4-6,8-10,15H,3,7,11-14,16-17H2,1-2H3,(H2,23,24,25). The van der Waals surface area contributed by atoms with Crippen LogP contribution in [0.1, 0.15) is 37.5 Å². The predicted octanol–water partition coefficient (Wildman–Crippen LogP) is 3.48. The summed E-state index contributed by atoms with van der Waals surface area (Å²) in [6.45, 7) is 5.68. The molecule has 1 saturated carbocycles. The highest BCUT2D eigenvalue weighted by Crippen LogP contribution is 2.51. The Bertz CT molecular complexity index is 739. The maximum absolute atomic E-state index is 5.62. The van der Waals surface area contributed by atoms with Gasteiger partial charge in [0.1, 0.15) is 18.1 Å².